The molecule has 29 heavy (non-hydrogen) atoms. The minimum absolute atomic E-state index is 0.108. The van der Waals surface area contributed by atoms with E-state index >= 15 is 0 Å². The number of pyridine rings is 1. The van der Waals surface area contributed by atoms with Gasteiger partial charge >= 0.3 is 0 Å². The molecule has 0 fully saturated rings. The molecule has 0 bridgehead atoms. The first-order valence-corrected chi connectivity index (χ1v) is 10.3. The fourth-order valence-corrected chi connectivity index (χ4v) is 4.17. The molecule has 3 aromatic rings. The highest BCUT2D eigenvalue weighted by atomic mass is 32.2. The van der Waals surface area contributed by atoms with Crippen molar-refractivity contribution in [2.45, 2.75) is 16.7 Å². The zero-order valence-electron chi connectivity index (χ0n) is 16.0. The van der Waals surface area contributed by atoms with Gasteiger partial charge < -0.3 is 10.1 Å². The van der Waals surface area contributed by atoms with E-state index in [0.29, 0.717) is 5.69 Å². The van der Waals surface area contributed by atoms with E-state index in [1.165, 1.54) is 25.3 Å². The Morgan fingerprint density at radius 1 is 1.10 bits per heavy atom. The SMILES string of the molecule is COc1ccc(C)cc1S(=O)(=O)c1ccc(NC(=O)C=Cc2cccnc2)cc1. The summed E-state index contributed by atoms with van der Waals surface area (Å²) in [4.78, 5) is 16.3. The number of sulfone groups is 1. The average molecular weight is 408 g/mol. The molecule has 7 heteroatoms. The van der Waals surface area contributed by atoms with Crippen molar-refractivity contribution in [3.05, 3.63) is 84.2 Å². The van der Waals surface area contributed by atoms with Crippen molar-refractivity contribution in [1.82, 2.24) is 4.98 Å². The molecule has 0 saturated heterocycles. The number of methoxy groups -OCH3 is 1. The van der Waals surface area contributed by atoms with Crippen LogP contribution in [0.4, 0.5) is 5.69 Å². The molecule has 0 aliphatic heterocycles. The molecule has 1 aromatic heterocycles. The second-order valence-corrected chi connectivity index (χ2v) is 8.21. The Balaban J connectivity index is 1.77. The van der Waals surface area contributed by atoms with E-state index in [-0.39, 0.29) is 21.4 Å². The molecular weight excluding hydrogens is 388 g/mol. The van der Waals surface area contributed by atoms with Crippen LogP contribution >= 0.6 is 0 Å². The fraction of sp³-hybridized carbons (Fsp3) is 0.0909. The Bertz CT molecular complexity index is 1140. The summed E-state index contributed by atoms with van der Waals surface area (Å²) >= 11 is 0. The van der Waals surface area contributed by atoms with Crippen LogP contribution in [0.3, 0.4) is 0 Å². The Hall–Kier alpha value is -3.45. The van der Waals surface area contributed by atoms with Crippen LogP contribution in [0.2, 0.25) is 0 Å². The summed E-state index contributed by atoms with van der Waals surface area (Å²) in [6.07, 6.45) is 6.33. The monoisotopic (exact) mass is 408 g/mol. The predicted octanol–water partition coefficient (Wildman–Crippen LogP) is 3.88. The molecule has 1 heterocycles. The van der Waals surface area contributed by atoms with Gasteiger partial charge in [0.2, 0.25) is 15.7 Å². The summed E-state index contributed by atoms with van der Waals surface area (Å²) in [6, 6.07) is 14.6. The van der Waals surface area contributed by atoms with Crippen LogP contribution in [0.25, 0.3) is 6.08 Å². The largest absolute Gasteiger partial charge is 0.495 e. The molecule has 2 aromatic carbocycles. The number of benzene rings is 2. The third-order valence-corrected chi connectivity index (χ3v) is 5.94. The maximum absolute atomic E-state index is 13.0. The number of anilines is 1. The van der Waals surface area contributed by atoms with E-state index in [1.807, 2.05) is 13.0 Å². The fourth-order valence-electron chi connectivity index (χ4n) is 2.67. The van der Waals surface area contributed by atoms with Gasteiger partial charge in [0.25, 0.3) is 0 Å². The van der Waals surface area contributed by atoms with Crippen LogP contribution in [-0.2, 0) is 14.6 Å². The Labute approximate surface area is 169 Å². The van der Waals surface area contributed by atoms with Crippen molar-refractivity contribution in [2.24, 2.45) is 0 Å². The van der Waals surface area contributed by atoms with Crippen LogP contribution in [0.5, 0.6) is 5.75 Å². The van der Waals surface area contributed by atoms with Crippen LogP contribution in [-0.4, -0.2) is 26.4 Å². The van der Waals surface area contributed by atoms with E-state index in [4.69, 9.17) is 4.74 Å². The number of amides is 1. The molecule has 0 spiro atoms. The van der Waals surface area contributed by atoms with Gasteiger partial charge in [-0.3, -0.25) is 9.78 Å². The van der Waals surface area contributed by atoms with E-state index < -0.39 is 9.84 Å². The lowest BCUT2D eigenvalue weighted by Crippen LogP contribution is -2.08. The minimum Gasteiger partial charge on any atom is -0.495 e. The molecule has 0 unspecified atom stereocenters. The predicted molar refractivity (Wildman–Crippen MR) is 112 cm³/mol. The number of nitrogens with one attached hydrogen (secondary N) is 1. The lowest BCUT2D eigenvalue weighted by molar-refractivity contribution is -0.111. The number of hydrogen-bond donors (Lipinski definition) is 1. The van der Waals surface area contributed by atoms with Gasteiger partial charge in [0.15, 0.2) is 0 Å². The summed E-state index contributed by atoms with van der Waals surface area (Å²) in [5.74, 6) is -0.0432. The number of rotatable bonds is 6. The highest BCUT2D eigenvalue weighted by Gasteiger charge is 2.22. The van der Waals surface area contributed by atoms with Crippen molar-refractivity contribution in [1.29, 1.82) is 0 Å². The Morgan fingerprint density at radius 3 is 2.52 bits per heavy atom. The van der Waals surface area contributed by atoms with Crippen molar-refractivity contribution >= 4 is 27.5 Å². The summed E-state index contributed by atoms with van der Waals surface area (Å²) in [6.45, 7) is 1.82. The molecule has 6 nitrogen and oxygen atoms in total. The number of hydrogen-bond acceptors (Lipinski definition) is 5. The van der Waals surface area contributed by atoms with Gasteiger partial charge in [0.05, 0.1) is 12.0 Å². The molecule has 1 N–H and O–H groups in total. The smallest absolute Gasteiger partial charge is 0.248 e. The van der Waals surface area contributed by atoms with Crippen LogP contribution in [0.15, 0.2) is 82.9 Å². The highest BCUT2D eigenvalue weighted by Crippen LogP contribution is 2.30. The van der Waals surface area contributed by atoms with Crippen LogP contribution in [0, 0.1) is 6.92 Å². The summed E-state index contributed by atoms with van der Waals surface area (Å²) < 4.78 is 31.1. The van der Waals surface area contributed by atoms with E-state index in [9.17, 15) is 13.2 Å². The molecule has 148 valence electrons. The van der Waals surface area contributed by atoms with Gasteiger partial charge in [-0.25, -0.2) is 8.42 Å². The standard InChI is InChI=1S/C22H20N2O4S/c1-16-5-11-20(28-2)21(14-16)29(26,27)19-9-7-18(8-10-19)24-22(25)12-6-17-4-3-13-23-15-17/h3-15H,1-2H3,(H,24,25). The number of aromatic nitrogens is 1. The quantitative estimate of drug-likeness (QED) is 0.626. The number of aryl methyl sites for hydroxylation is 1. The van der Waals surface area contributed by atoms with E-state index in [2.05, 4.69) is 10.3 Å². The third-order valence-electron chi connectivity index (χ3n) is 4.15. The first kappa shape index (κ1) is 20.3. The number of ether oxygens (including phenoxy) is 1. The van der Waals surface area contributed by atoms with Crippen LogP contribution in [0.1, 0.15) is 11.1 Å². The number of nitrogens with zero attached hydrogens (tertiary/aromatic N) is 1. The van der Waals surface area contributed by atoms with Gasteiger partial charge in [0.1, 0.15) is 10.6 Å². The van der Waals surface area contributed by atoms with Gasteiger partial charge in [-0.05, 0) is 66.6 Å². The Kier molecular flexibility index (Phi) is 6.09. The second-order valence-electron chi connectivity index (χ2n) is 6.29. The van der Waals surface area contributed by atoms with Crippen molar-refractivity contribution in [3.8, 4) is 5.75 Å². The van der Waals surface area contributed by atoms with Gasteiger partial charge in [-0.2, -0.15) is 0 Å². The molecule has 0 radical (unpaired) electrons. The normalized spacial score (nSPS) is 11.4. The zero-order valence-corrected chi connectivity index (χ0v) is 16.8. The summed E-state index contributed by atoms with van der Waals surface area (Å²) in [7, 11) is -2.32. The highest BCUT2D eigenvalue weighted by molar-refractivity contribution is 7.91. The topological polar surface area (TPSA) is 85.4 Å². The molecule has 1 amide bonds. The number of carbonyl (C=O) groups is 1. The van der Waals surface area contributed by atoms with Crippen molar-refractivity contribution < 1.29 is 17.9 Å². The van der Waals surface area contributed by atoms with Crippen LogP contribution < -0.4 is 10.1 Å². The van der Waals surface area contributed by atoms with E-state index in [0.717, 1.165) is 11.1 Å². The first-order chi connectivity index (χ1) is 13.9. The minimum atomic E-state index is -3.75. The first-order valence-electron chi connectivity index (χ1n) is 8.79. The zero-order chi connectivity index (χ0) is 20.9. The van der Waals surface area contributed by atoms with Gasteiger partial charge in [-0.15, -0.1) is 0 Å². The molecule has 3 rings (SSSR count). The summed E-state index contributed by atoms with van der Waals surface area (Å²) in [5, 5.41) is 2.70. The van der Waals surface area contributed by atoms with Crippen molar-refractivity contribution in [3.63, 3.8) is 0 Å². The Morgan fingerprint density at radius 2 is 1.86 bits per heavy atom. The molecule has 0 aliphatic rings. The lowest BCUT2D eigenvalue weighted by atomic mass is 10.2. The maximum atomic E-state index is 13.0. The maximum Gasteiger partial charge on any atom is 0.248 e. The van der Waals surface area contributed by atoms with Gasteiger partial charge in [0, 0.05) is 24.2 Å². The number of carbonyl (C=O) groups excluding carboxylic acids is 1. The van der Waals surface area contributed by atoms with Crippen molar-refractivity contribution in [2.75, 3.05) is 12.4 Å². The molecule has 0 atom stereocenters. The third kappa shape index (κ3) is 4.89. The summed E-state index contributed by atoms with van der Waals surface area (Å²) in [5.41, 5.74) is 2.10. The molecule has 0 saturated carbocycles. The van der Waals surface area contributed by atoms with E-state index in [1.54, 1.807) is 54.9 Å². The second kappa shape index (κ2) is 8.70. The lowest BCUT2D eigenvalue weighted by Gasteiger charge is -2.11. The molecule has 0 aliphatic carbocycles. The average Bonchev–Trinajstić information content (AvgIpc) is 2.73. The van der Waals surface area contributed by atoms with Gasteiger partial charge in [-0.1, -0.05) is 12.1 Å². The molecular formula is C22H20N2O4S.